The van der Waals surface area contributed by atoms with Crippen LogP contribution in [0.15, 0.2) is 12.4 Å². The van der Waals surface area contributed by atoms with E-state index in [2.05, 4.69) is 28.7 Å². The Morgan fingerprint density at radius 1 is 1.60 bits per heavy atom. The summed E-state index contributed by atoms with van der Waals surface area (Å²) in [7, 11) is 0. The molecule has 1 aromatic rings. The molecule has 112 valence electrons. The largest absolute Gasteiger partial charge is 0.480 e. The van der Waals surface area contributed by atoms with Crippen LogP contribution in [0.4, 0.5) is 0 Å². The molecule has 0 radical (unpaired) electrons. The second-order valence-corrected chi connectivity index (χ2v) is 6.29. The van der Waals surface area contributed by atoms with Crippen molar-refractivity contribution >= 4 is 5.97 Å². The molecule has 5 heteroatoms. The molecular weight excluding hydrogens is 254 g/mol. The minimum Gasteiger partial charge on any atom is -0.480 e. The molecule has 2 N–H and O–H groups in total. The average molecular weight is 279 g/mol. The zero-order chi connectivity index (χ0) is 14.8. The number of imidazole rings is 1. The van der Waals surface area contributed by atoms with E-state index >= 15 is 0 Å². The Kier molecular flexibility index (Phi) is 4.48. The van der Waals surface area contributed by atoms with E-state index in [1.54, 1.807) is 6.92 Å². The standard InChI is InChI=1S/C15H25N3O2/c1-11(2)13-16-8-10-18(13)9-4-7-15(3,14(19)20)17-12-5-6-12/h8,10-12,17H,4-7,9H2,1-3H3,(H,19,20). The summed E-state index contributed by atoms with van der Waals surface area (Å²) >= 11 is 0. The number of nitrogens with zero attached hydrogens (tertiary/aromatic N) is 2. The van der Waals surface area contributed by atoms with E-state index in [1.807, 2.05) is 12.4 Å². The maximum Gasteiger partial charge on any atom is 0.323 e. The van der Waals surface area contributed by atoms with Gasteiger partial charge in [-0.1, -0.05) is 13.8 Å². The van der Waals surface area contributed by atoms with Crippen molar-refractivity contribution in [3.05, 3.63) is 18.2 Å². The summed E-state index contributed by atoms with van der Waals surface area (Å²) in [6.45, 7) is 6.86. The van der Waals surface area contributed by atoms with Gasteiger partial charge in [0.2, 0.25) is 0 Å². The lowest BCUT2D eigenvalue weighted by atomic mass is 9.95. The predicted molar refractivity (Wildman–Crippen MR) is 77.7 cm³/mol. The molecule has 1 heterocycles. The number of rotatable bonds is 8. The zero-order valence-corrected chi connectivity index (χ0v) is 12.6. The number of hydrogen-bond donors (Lipinski definition) is 2. The Morgan fingerprint density at radius 3 is 2.85 bits per heavy atom. The number of aliphatic carboxylic acids is 1. The van der Waals surface area contributed by atoms with Crippen LogP contribution in [-0.4, -0.2) is 32.2 Å². The number of carboxylic acid groups (broad SMARTS) is 1. The lowest BCUT2D eigenvalue weighted by Gasteiger charge is -2.26. The van der Waals surface area contributed by atoms with Gasteiger partial charge in [-0.25, -0.2) is 4.98 Å². The highest BCUT2D eigenvalue weighted by Crippen LogP contribution is 2.25. The van der Waals surface area contributed by atoms with Gasteiger partial charge < -0.3 is 9.67 Å². The van der Waals surface area contributed by atoms with Crippen molar-refractivity contribution in [2.45, 2.75) is 70.5 Å². The Balaban J connectivity index is 1.89. The molecule has 5 nitrogen and oxygen atoms in total. The van der Waals surface area contributed by atoms with Gasteiger partial charge in [0, 0.05) is 30.9 Å². The normalized spacial score (nSPS) is 18.2. The molecule has 1 aliphatic carbocycles. The predicted octanol–water partition coefficient (Wildman–Crippen LogP) is 2.38. The van der Waals surface area contributed by atoms with Gasteiger partial charge in [-0.2, -0.15) is 0 Å². The van der Waals surface area contributed by atoms with Crippen LogP contribution in [0.2, 0.25) is 0 Å². The first-order valence-electron chi connectivity index (χ1n) is 7.44. The van der Waals surface area contributed by atoms with E-state index in [9.17, 15) is 9.90 Å². The number of carboxylic acids is 1. The van der Waals surface area contributed by atoms with E-state index in [-0.39, 0.29) is 0 Å². The van der Waals surface area contributed by atoms with E-state index < -0.39 is 11.5 Å². The van der Waals surface area contributed by atoms with Gasteiger partial charge in [-0.15, -0.1) is 0 Å². The van der Waals surface area contributed by atoms with Crippen LogP contribution < -0.4 is 5.32 Å². The number of aryl methyl sites for hydroxylation is 1. The van der Waals surface area contributed by atoms with Crippen LogP contribution in [0, 0.1) is 0 Å². The molecule has 1 fully saturated rings. The third-order valence-corrected chi connectivity index (χ3v) is 3.91. The van der Waals surface area contributed by atoms with Gasteiger partial charge in [-0.05, 0) is 32.6 Å². The highest BCUT2D eigenvalue weighted by Gasteiger charge is 2.37. The SMILES string of the molecule is CC(C)c1nccn1CCCC(C)(NC1CC1)C(=O)O. The second-order valence-electron chi connectivity index (χ2n) is 6.29. The first-order valence-corrected chi connectivity index (χ1v) is 7.44. The first kappa shape index (κ1) is 15.0. The summed E-state index contributed by atoms with van der Waals surface area (Å²) in [5, 5.41) is 12.7. The van der Waals surface area contributed by atoms with E-state index in [0.29, 0.717) is 18.4 Å². The molecule has 0 saturated heterocycles. The molecule has 1 aliphatic rings. The minimum absolute atomic E-state index is 0.389. The van der Waals surface area contributed by atoms with E-state index in [1.165, 1.54) is 0 Å². The smallest absolute Gasteiger partial charge is 0.323 e. The third-order valence-electron chi connectivity index (χ3n) is 3.91. The molecular formula is C15H25N3O2. The Labute approximate surface area is 120 Å². The van der Waals surface area contributed by atoms with Crippen molar-refractivity contribution in [1.82, 2.24) is 14.9 Å². The van der Waals surface area contributed by atoms with E-state index in [0.717, 1.165) is 31.6 Å². The monoisotopic (exact) mass is 279 g/mol. The molecule has 0 bridgehead atoms. The van der Waals surface area contributed by atoms with Crippen LogP contribution in [0.1, 0.15) is 58.2 Å². The lowest BCUT2D eigenvalue weighted by Crippen LogP contribution is -2.50. The van der Waals surface area contributed by atoms with Crippen LogP contribution in [0.25, 0.3) is 0 Å². The molecule has 1 atom stereocenters. The highest BCUT2D eigenvalue weighted by molar-refractivity contribution is 5.78. The number of hydrogen-bond acceptors (Lipinski definition) is 3. The zero-order valence-electron chi connectivity index (χ0n) is 12.6. The molecule has 0 amide bonds. The van der Waals surface area contributed by atoms with Crippen molar-refractivity contribution in [2.24, 2.45) is 0 Å². The number of carbonyl (C=O) groups is 1. The topological polar surface area (TPSA) is 67.2 Å². The summed E-state index contributed by atoms with van der Waals surface area (Å²) in [4.78, 5) is 15.8. The summed E-state index contributed by atoms with van der Waals surface area (Å²) in [6.07, 6.45) is 7.45. The fraction of sp³-hybridized carbons (Fsp3) is 0.733. The van der Waals surface area contributed by atoms with Gasteiger partial charge in [-0.3, -0.25) is 10.1 Å². The molecule has 1 saturated carbocycles. The van der Waals surface area contributed by atoms with Gasteiger partial charge in [0.25, 0.3) is 0 Å². The van der Waals surface area contributed by atoms with Gasteiger partial charge >= 0.3 is 5.97 Å². The quantitative estimate of drug-likeness (QED) is 0.766. The minimum atomic E-state index is -0.806. The third kappa shape index (κ3) is 3.60. The van der Waals surface area contributed by atoms with Crippen molar-refractivity contribution in [1.29, 1.82) is 0 Å². The van der Waals surface area contributed by atoms with E-state index in [4.69, 9.17) is 0 Å². The van der Waals surface area contributed by atoms with Crippen molar-refractivity contribution in [3.63, 3.8) is 0 Å². The molecule has 0 aromatic carbocycles. The van der Waals surface area contributed by atoms with Gasteiger partial charge in [0.15, 0.2) is 0 Å². The van der Waals surface area contributed by atoms with Crippen LogP contribution in [-0.2, 0) is 11.3 Å². The maximum atomic E-state index is 11.5. The fourth-order valence-corrected chi connectivity index (χ4v) is 2.53. The highest BCUT2D eigenvalue weighted by atomic mass is 16.4. The molecule has 0 spiro atoms. The molecule has 2 rings (SSSR count). The fourth-order valence-electron chi connectivity index (χ4n) is 2.53. The average Bonchev–Trinajstić information content (AvgIpc) is 3.04. The van der Waals surface area contributed by atoms with Crippen molar-refractivity contribution in [2.75, 3.05) is 0 Å². The Hall–Kier alpha value is -1.36. The molecule has 1 aromatic heterocycles. The van der Waals surface area contributed by atoms with Crippen molar-refractivity contribution in [3.8, 4) is 0 Å². The van der Waals surface area contributed by atoms with Gasteiger partial charge in [0.05, 0.1) is 0 Å². The lowest BCUT2D eigenvalue weighted by molar-refractivity contribution is -0.144. The summed E-state index contributed by atoms with van der Waals surface area (Å²) < 4.78 is 2.13. The number of aromatic nitrogens is 2. The second kappa shape index (κ2) is 5.95. The molecule has 0 aliphatic heterocycles. The number of nitrogens with one attached hydrogen (secondary N) is 1. The van der Waals surface area contributed by atoms with Crippen LogP contribution >= 0.6 is 0 Å². The van der Waals surface area contributed by atoms with Gasteiger partial charge in [0.1, 0.15) is 11.4 Å². The summed E-state index contributed by atoms with van der Waals surface area (Å²) in [5.74, 6) is 0.705. The Bertz CT molecular complexity index is 465. The Morgan fingerprint density at radius 2 is 2.30 bits per heavy atom. The first-order chi connectivity index (χ1) is 9.42. The summed E-state index contributed by atoms with van der Waals surface area (Å²) in [5.41, 5.74) is -0.806. The van der Waals surface area contributed by atoms with Crippen molar-refractivity contribution < 1.29 is 9.90 Å². The molecule has 20 heavy (non-hydrogen) atoms. The maximum absolute atomic E-state index is 11.5. The summed E-state index contributed by atoms with van der Waals surface area (Å²) in [6, 6.07) is 0.399. The van der Waals surface area contributed by atoms with Crippen LogP contribution in [0.5, 0.6) is 0 Å². The molecule has 1 unspecified atom stereocenters. The van der Waals surface area contributed by atoms with Crippen LogP contribution in [0.3, 0.4) is 0 Å².